The van der Waals surface area contributed by atoms with Crippen LogP contribution in [0.1, 0.15) is 18.2 Å². The van der Waals surface area contributed by atoms with Gasteiger partial charge in [-0.1, -0.05) is 18.5 Å². The van der Waals surface area contributed by atoms with Crippen molar-refractivity contribution in [2.75, 3.05) is 32.7 Å². The molecule has 0 amide bonds. The summed E-state index contributed by atoms with van der Waals surface area (Å²) in [4.78, 5) is 3.99. The molecule has 0 radical (unpaired) electrons. The second-order valence-corrected chi connectivity index (χ2v) is 6.52. The molecule has 1 fully saturated rings. The van der Waals surface area contributed by atoms with Gasteiger partial charge in [0, 0.05) is 18.0 Å². The van der Waals surface area contributed by atoms with Gasteiger partial charge in [0.05, 0.1) is 4.34 Å². The van der Waals surface area contributed by atoms with Gasteiger partial charge in [0.15, 0.2) is 0 Å². The lowest BCUT2D eigenvalue weighted by atomic mass is 10.1. The van der Waals surface area contributed by atoms with Crippen LogP contribution in [0.3, 0.4) is 0 Å². The molecule has 2 heterocycles. The van der Waals surface area contributed by atoms with Crippen LogP contribution in [-0.4, -0.2) is 37.6 Å². The zero-order valence-electron chi connectivity index (χ0n) is 10.4. The van der Waals surface area contributed by atoms with E-state index < -0.39 is 0 Å². The zero-order valence-corrected chi connectivity index (χ0v) is 12.0. The van der Waals surface area contributed by atoms with Crippen LogP contribution in [0.15, 0.2) is 12.1 Å². The molecule has 17 heavy (non-hydrogen) atoms. The summed E-state index contributed by atoms with van der Waals surface area (Å²) < 4.78 is 0.909. The molecule has 1 unspecified atom stereocenters. The van der Waals surface area contributed by atoms with Crippen LogP contribution in [0.5, 0.6) is 0 Å². The van der Waals surface area contributed by atoms with Gasteiger partial charge >= 0.3 is 0 Å². The maximum atomic E-state index is 5.93. The molecule has 1 aromatic rings. The first-order valence-electron chi connectivity index (χ1n) is 6.45. The predicted octanol–water partition coefficient (Wildman–Crippen LogP) is 2.88. The Kier molecular flexibility index (Phi) is 5.29. The minimum absolute atomic E-state index is 0.849. The van der Waals surface area contributed by atoms with Gasteiger partial charge in [-0.3, -0.25) is 0 Å². The largest absolute Gasteiger partial charge is 0.317 e. The van der Waals surface area contributed by atoms with Crippen LogP contribution >= 0.6 is 22.9 Å². The summed E-state index contributed by atoms with van der Waals surface area (Å²) in [7, 11) is 0. The summed E-state index contributed by atoms with van der Waals surface area (Å²) in [5, 5.41) is 3.45. The fourth-order valence-electron chi connectivity index (χ4n) is 2.39. The Morgan fingerprint density at radius 1 is 1.53 bits per heavy atom. The molecule has 0 spiro atoms. The minimum Gasteiger partial charge on any atom is -0.317 e. The highest BCUT2D eigenvalue weighted by atomic mass is 35.5. The molecule has 1 atom stereocenters. The van der Waals surface area contributed by atoms with Gasteiger partial charge in [0.2, 0.25) is 0 Å². The first kappa shape index (κ1) is 13.3. The van der Waals surface area contributed by atoms with Gasteiger partial charge in [0.25, 0.3) is 0 Å². The number of hydrogen-bond donors (Lipinski definition) is 1. The van der Waals surface area contributed by atoms with Crippen molar-refractivity contribution in [1.82, 2.24) is 10.2 Å². The smallest absolute Gasteiger partial charge is 0.0931 e. The van der Waals surface area contributed by atoms with E-state index in [4.69, 9.17) is 11.6 Å². The van der Waals surface area contributed by atoms with E-state index in [2.05, 4.69) is 23.2 Å². The maximum Gasteiger partial charge on any atom is 0.0931 e. The number of rotatable bonds is 6. The average Bonchev–Trinajstić information content (AvgIpc) is 2.93. The molecule has 2 nitrogen and oxygen atoms in total. The van der Waals surface area contributed by atoms with Crippen LogP contribution in [0.2, 0.25) is 4.34 Å². The molecule has 96 valence electrons. The first-order valence-corrected chi connectivity index (χ1v) is 7.64. The van der Waals surface area contributed by atoms with Crippen molar-refractivity contribution in [2.24, 2.45) is 5.92 Å². The number of nitrogens with zero attached hydrogens (tertiary/aromatic N) is 1. The predicted molar refractivity (Wildman–Crippen MR) is 76.1 cm³/mol. The molecule has 1 aromatic heterocycles. The SMILES string of the molecule is CCNCC1CCN(CCc2ccc(Cl)s2)C1. The number of likely N-dealkylation sites (tertiary alicyclic amines) is 1. The van der Waals surface area contributed by atoms with Crippen LogP contribution in [0.4, 0.5) is 0 Å². The molecule has 1 N–H and O–H groups in total. The Balaban J connectivity index is 1.67. The summed E-state index contributed by atoms with van der Waals surface area (Å²) >= 11 is 7.65. The highest BCUT2D eigenvalue weighted by Crippen LogP contribution is 2.23. The molecular weight excluding hydrogens is 252 g/mol. The molecule has 4 heteroatoms. The van der Waals surface area contributed by atoms with Crippen molar-refractivity contribution in [1.29, 1.82) is 0 Å². The quantitative estimate of drug-likeness (QED) is 0.857. The van der Waals surface area contributed by atoms with Crippen LogP contribution in [0.25, 0.3) is 0 Å². The summed E-state index contributed by atoms with van der Waals surface area (Å²) in [6.07, 6.45) is 2.49. The van der Waals surface area contributed by atoms with Gasteiger partial charge in [-0.2, -0.15) is 0 Å². The monoisotopic (exact) mass is 272 g/mol. The van der Waals surface area contributed by atoms with E-state index in [0.29, 0.717) is 0 Å². The lowest BCUT2D eigenvalue weighted by Crippen LogP contribution is -2.27. The third kappa shape index (κ3) is 4.25. The van der Waals surface area contributed by atoms with Crippen LogP contribution in [0, 0.1) is 5.92 Å². The summed E-state index contributed by atoms with van der Waals surface area (Å²) in [5.41, 5.74) is 0. The standard InChI is InChI=1S/C13H21ClN2S/c1-2-15-9-11-5-7-16(10-11)8-6-12-3-4-13(14)17-12/h3-4,11,15H,2,5-10H2,1H3. The third-order valence-corrected chi connectivity index (χ3v) is 4.65. The third-order valence-electron chi connectivity index (χ3n) is 3.36. The van der Waals surface area contributed by atoms with E-state index in [9.17, 15) is 0 Å². The summed E-state index contributed by atoms with van der Waals surface area (Å²) in [6, 6.07) is 4.15. The summed E-state index contributed by atoms with van der Waals surface area (Å²) in [5.74, 6) is 0.849. The summed E-state index contributed by atoms with van der Waals surface area (Å²) in [6.45, 7) is 8.13. The number of hydrogen-bond acceptors (Lipinski definition) is 3. The van der Waals surface area contributed by atoms with Crippen molar-refractivity contribution in [3.05, 3.63) is 21.3 Å². The number of halogens is 1. The fraction of sp³-hybridized carbons (Fsp3) is 0.692. The molecule has 0 bridgehead atoms. The van der Waals surface area contributed by atoms with Crippen LogP contribution in [-0.2, 0) is 6.42 Å². The maximum absolute atomic E-state index is 5.93. The van der Waals surface area contributed by atoms with Crippen molar-refractivity contribution in [3.63, 3.8) is 0 Å². The Morgan fingerprint density at radius 2 is 2.41 bits per heavy atom. The second-order valence-electron chi connectivity index (χ2n) is 4.72. The highest BCUT2D eigenvalue weighted by molar-refractivity contribution is 7.16. The molecule has 1 aliphatic rings. The van der Waals surface area contributed by atoms with Crippen molar-refractivity contribution >= 4 is 22.9 Å². The molecule has 0 aromatic carbocycles. The topological polar surface area (TPSA) is 15.3 Å². The molecule has 0 saturated carbocycles. The van der Waals surface area contributed by atoms with E-state index in [0.717, 1.165) is 23.2 Å². The molecule has 2 rings (SSSR count). The van der Waals surface area contributed by atoms with Gasteiger partial charge in [0.1, 0.15) is 0 Å². The molecule has 1 aliphatic heterocycles. The van der Waals surface area contributed by atoms with E-state index in [1.54, 1.807) is 11.3 Å². The van der Waals surface area contributed by atoms with Crippen LogP contribution < -0.4 is 5.32 Å². The average molecular weight is 273 g/mol. The van der Waals surface area contributed by atoms with Gasteiger partial charge in [-0.15, -0.1) is 11.3 Å². The lowest BCUT2D eigenvalue weighted by Gasteiger charge is -2.15. The Hall–Kier alpha value is -0.0900. The number of nitrogens with one attached hydrogen (secondary N) is 1. The van der Waals surface area contributed by atoms with Crippen molar-refractivity contribution in [2.45, 2.75) is 19.8 Å². The van der Waals surface area contributed by atoms with Crippen molar-refractivity contribution in [3.8, 4) is 0 Å². The molecule has 0 aliphatic carbocycles. The highest BCUT2D eigenvalue weighted by Gasteiger charge is 2.21. The van der Waals surface area contributed by atoms with E-state index in [1.807, 2.05) is 6.07 Å². The Bertz CT molecular complexity index is 340. The van der Waals surface area contributed by atoms with E-state index in [1.165, 1.54) is 37.5 Å². The normalized spacial score (nSPS) is 21.2. The Labute approximate surface area is 113 Å². The molecule has 1 saturated heterocycles. The fourth-order valence-corrected chi connectivity index (χ4v) is 3.46. The van der Waals surface area contributed by atoms with Gasteiger partial charge in [-0.05, 0) is 50.5 Å². The van der Waals surface area contributed by atoms with E-state index in [-0.39, 0.29) is 0 Å². The Morgan fingerprint density at radius 3 is 3.12 bits per heavy atom. The molecular formula is C13H21ClN2S. The second kappa shape index (κ2) is 6.74. The van der Waals surface area contributed by atoms with Gasteiger partial charge < -0.3 is 10.2 Å². The zero-order chi connectivity index (χ0) is 12.1. The lowest BCUT2D eigenvalue weighted by molar-refractivity contribution is 0.327. The minimum atomic E-state index is 0.849. The number of thiophene rings is 1. The van der Waals surface area contributed by atoms with Gasteiger partial charge in [-0.25, -0.2) is 0 Å². The van der Waals surface area contributed by atoms with E-state index >= 15 is 0 Å². The van der Waals surface area contributed by atoms with Crippen molar-refractivity contribution < 1.29 is 0 Å². The first-order chi connectivity index (χ1) is 8.28.